The predicted octanol–water partition coefficient (Wildman–Crippen LogP) is 0.271. The van der Waals surface area contributed by atoms with Crippen LogP contribution < -0.4 is 5.73 Å². The van der Waals surface area contributed by atoms with E-state index in [-0.39, 0.29) is 11.7 Å². The molecule has 112 valence electrons. The van der Waals surface area contributed by atoms with Crippen molar-refractivity contribution in [3.8, 4) is 0 Å². The Labute approximate surface area is 114 Å². The van der Waals surface area contributed by atoms with Gasteiger partial charge in [-0.3, -0.25) is 4.79 Å². The Morgan fingerprint density at radius 3 is 2.21 bits per heavy atom. The van der Waals surface area contributed by atoms with E-state index in [9.17, 15) is 4.79 Å². The van der Waals surface area contributed by atoms with Crippen LogP contribution in [0, 0.1) is 5.92 Å². The molecule has 0 heterocycles. The summed E-state index contributed by atoms with van der Waals surface area (Å²) in [5.74, 6) is -0.804. The molecule has 0 fully saturated rings. The average Bonchev–Trinajstić information content (AvgIpc) is 2.43. The topological polar surface area (TPSA) is 97.4 Å². The van der Waals surface area contributed by atoms with Crippen LogP contribution in [0.3, 0.4) is 0 Å². The van der Waals surface area contributed by atoms with E-state index in [0.717, 1.165) is 6.42 Å². The molecule has 1 amide bonds. The van der Waals surface area contributed by atoms with Gasteiger partial charge in [-0.2, -0.15) is 0 Å². The van der Waals surface area contributed by atoms with Gasteiger partial charge in [0.25, 0.3) is 0 Å². The number of carbonyl (C=O) groups is 1. The predicted molar refractivity (Wildman–Crippen MR) is 72.1 cm³/mol. The zero-order valence-electron chi connectivity index (χ0n) is 12.0. The van der Waals surface area contributed by atoms with Gasteiger partial charge in [0.2, 0.25) is 5.91 Å². The summed E-state index contributed by atoms with van der Waals surface area (Å²) in [5.41, 5.74) is 5.59. The van der Waals surface area contributed by atoms with Gasteiger partial charge in [0, 0.05) is 27.3 Å². The Morgan fingerprint density at radius 2 is 1.84 bits per heavy atom. The molecule has 1 unspecified atom stereocenters. The van der Waals surface area contributed by atoms with Gasteiger partial charge in [0.1, 0.15) is 0 Å². The minimum atomic E-state index is -0.594. The van der Waals surface area contributed by atoms with E-state index in [4.69, 9.17) is 20.4 Å². The maximum Gasteiger partial charge on any atom is 0.233 e. The van der Waals surface area contributed by atoms with Crippen LogP contribution in [0.15, 0.2) is 5.16 Å². The lowest BCUT2D eigenvalue weighted by molar-refractivity contribution is -0.135. The summed E-state index contributed by atoms with van der Waals surface area (Å²) in [6, 6.07) is 0. The van der Waals surface area contributed by atoms with Crippen LogP contribution in [0.25, 0.3) is 0 Å². The minimum absolute atomic E-state index is 0.0494. The number of amidine groups is 1. The zero-order valence-corrected chi connectivity index (χ0v) is 12.0. The molecule has 7 heteroatoms. The van der Waals surface area contributed by atoms with Crippen LogP contribution in [0.2, 0.25) is 0 Å². The molecule has 0 aromatic carbocycles. The van der Waals surface area contributed by atoms with E-state index in [1.165, 1.54) is 0 Å². The second kappa shape index (κ2) is 10.6. The Kier molecular flexibility index (Phi) is 9.82. The number of hydrogen-bond donors (Lipinski definition) is 2. The summed E-state index contributed by atoms with van der Waals surface area (Å²) >= 11 is 0. The van der Waals surface area contributed by atoms with Crippen molar-refractivity contribution >= 4 is 11.7 Å². The van der Waals surface area contributed by atoms with Gasteiger partial charge in [0.15, 0.2) is 5.84 Å². The van der Waals surface area contributed by atoms with Gasteiger partial charge < -0.3 is 25.3 Å². The number of oxime groups is 1. The number of nitrogens with zero attached hydrogens (tertiary/aromatic N) is 2. The van der Waals surface area contributed by atoms with Crippen LogP contribution >= 0.6 is 0 Å². The molecule has 7 nitrogen and oxygen atoms in total. The molecule has 0 spiro atoms. The summed E-state index contributed by atoms with van der Waals surface area (Å²) in [4.78, 5) is 14.0. The molecule has 0 aliphatic heterocycles. The summed E-state index contributed by atoms with van der Waals surface area (Å²) < 4.78 is 9.97. The molecule has 0 aliphatic carbocycles. The Balaban J connectivity index is 4.78. The lowest BCUT2D eigenvalue weighted by atomic mass is 10.0. The van der Waals surface area contributed by atoms with Crippen molar-refractivity contribution in [3.05, 3.63) is 0 Å². The molecule has 0 saturated carbocycles. The SMILES string of the molecule is CCCC(C(=O)N(CCOC)CCOC)C(N)=NO. The van der Waals surface area contributed by atoms with Gasteiger partial charge in [-0.15, -0.1) is 0 Å². The molecule has 0 aliphatic rings. The van der Waals surface area contributed by atoms with Gasteiger partial charge in [-0.05, 0) is 6.42 Å². The fourth-order valence-corrected chi connectivity index (χ4v) is 1.71. The molecule has 0 aromatic rings. The Hall–Kier alpha value is -1.34. The van der Waals surface area contributed by atoms with Gasteiger partial charge >= 0.3 is 0 Å². The van der Waals surface area contributed by atoms with Gasteiger partial charge in [0.05, 0.1) is 19.1 Å². The number of rotatable bonds is 10. The van der Waals surface area contributed by atoms with Gasteiger partial charge in [-0.1, -0.05) is 18.5 Å². The van der Waals surface area contributed by atoms with Crippen LogP contribution in [0.4, 0.5) is 0 Å². The lowest BCUT2D eigenvalue weighted by Crippen LogP contribution is -2.44. The molecule has 0 bridgehead atoms. The van der Waals surface area contributed by atoms with Crippen molar-refractivity contribution in [1.82, 2.24) is 4.90 Å². The van der Waals surface area contributed by atoms with E-state index >= 15 is 0 Å². The number of ether oxygens (including phenoxy) is 2. The van der Waals surface area contributed by atoms with Crippen LogP contribution in [-0.2, 0) is 14.3 Å². The fourth-order valence-electron chi connectivity index (χ4n) is 1.71. The second-order valence-electron chi connectivity index (χ2n) is 4.18. The number of amides is 1. The van der Waals surface area contributed by atoms with Crippen molar-refractivity contribution in [1.29, 1.82) is 0 Å². The molecule has 0 aromatic heterocycles. The average molecular weight is 275 g/mol. The molecule has 3 N–H and O–H groups in total. The molecule has 0 saturated heterocycles. The third-order valence-corrected chi connectivity index (χ3v) is 2.79. The van der Waals surface area contributed by atoms with E-state index < -0.39 is 5.92 Å². The van der Waals surface area contributed by atoms with Crippen molar-refractivity contribution in [3.63, 3.8) is 0 Å². The van der Waals surface area contributed by atoms with Crippen LogP contribution in [0.5, 0.6) is 0 Å². The molecule has 19 heavy (non-hydrogen) atoms. The summed E-state index contributed by atoms with van der Waals surface area (Å²) in [6.07, 6.45) is 1.32. The van der Waals surface area contributed by atoms with Crippen molar-refractivity contribution < 1.29 is 19.5 Å². The minimum Gasteiger partial charge on any atom is -0.409 e. The zero-order chi connectivity index (χ0) is 14.7. The smallest absolute Gasteiger partial charge is 0.233 e. The maximum atomic E-state index is 12.4. The molecule has 0 rings (SSSR count). The highest BCUT2D eigenvalue weighted by Gasteiger charge is 2.27. The lowest BCUT2D eigenvalue weighted by Gasteiger charge is -2.26. The number of carbonyl (C=O) groups excluding carboxylic acids is 1. The number of hydrogen-bond acceptors (Lipinski definition) is 5. The standard InChI is InChI=1S/C12H25N3O4/c1-4-5-10(11(13)14-17)12(16)15(6-8-18-2)7-9-19-3/h10,17H,4-9H2,1-3H3,(H2,13,14). The third kappa shape index (κ3) is 6.40. The molecular formula is C12H25N3O4. The number of methoxy groups -OCH3 is 2. The normalized spacial score (nSPS) is 13.3. The fraction of sp³-hybridized carbons (Fsp3) is 0.833. The molecular weight excluding hydrogens is 250 g/mol. The van der Waals surface area contributed by atoms with E-state index in [1.807, 2.05) is 6.92 Å². The summed E-state index contributed by atoms with van der Waals surface area (Å²) in [7, 11) is 3.15. The summed E-state index contributed by atoms with van der Waals surface area (Å²) in [5, 5.41) is 11.7. The van der Waals surface area contributed by atoms with Crippen molar-refractivity contribution in [2.24, 2.45) is 16.8 Å². The highest BCUT2D eigenvalue weighted by atomic mass is 16.5. The Bertz CT molecular complexity index is 276. The highest BCUT2D eigenvalue weighted by Crippen LogP contribution is 2.11. The molecule has 0 radical (unpaired) electrons. The quantitative estimate of drug-likeness (QED) is 0.258. The Morgan fingerprint density at radius 1 is 1.32 bits per heavy atom. The van der Waals surface area contributed by atoms with Crippen LogP contribution in [0.1, 0.15) is 19.8 Å². The first-order valence-electron chi connectivity index (χ1n) is 6.36. The first-order chi connectivity index (χ1) is 9.12. The molecule has 1 atom stereocenters. The van der Waals surface area contributed by atoms with Gasteiger partial charge in [-0.25, -0.2) is 0 Å². The van der Waals surface area contributed by atoms with Crippen molar-refractivity contribution in [2.75, 3.05) is 40.5 Å². The summed E-state index contributed by atoms with van der Waals surface area (Å²) in [6.45, 7) is 3.73. The first-order valence-corrected chi connectivity index (χ1v) is 6.36. The first kappa shape index (κ1) is 17.7. The second-order valence-corrected chi connectivity index (χ2v) is 4.18. The maximum absolute atomic E-state index is 12.4. The largest absolute Gasteiger partial charge is 0.409 e. The van der Waals surface area contributed by atoms with Crippen LogP contribution in [-0.4, -0.2) is 62.4 Å². The van der Waals surface area contributed by atoms with Crippen molar-refractivity contribution in [2.45, 2.75) is 19.8 Å². The third-order valence-electron chi connectivity index (χ3n) is 2.79. The van der Waals surface area contributed by atoms with E-state index in [0.29, 0.717) is 32.7 Å². The van der Waals surface area contributed by atoms with E-state index in [1.54, 1.807) is 19.1 Å². The highest BCUT2D eigenvalue weighted by molar-refractivity contribution is 6.02. The van der Waals surface area contributed by atoms with E-state index in [2.05, 4.69) is 5.16 Å². The number of nitrogens with two attached hydrogens (primary N) is 1. The monoisotopic (exact) mass is 275 g/mol.